The quantitative estimate of drug-likeness (QED) is 0.825. The Morgan fingerprint density at radius 1 is 1.20 bits per heavy atom. The summed E-state index contributed by atoms with van der Waals surface area (Å²) in [6.07, 6.45) is 3.89. The molecular formula is C17H29N3. The minimum absolute atomic E-state index is 0.697. The number of rotatable bonds is 7. The van der Waals surface area contributed by atoms with Crippen molar-refractivity contribution in [2.24, 2.45) is 0 Å². The van der Waals surface area contributed by atoms with E-state index in [1.54, 1.807) is 0 Å². The van der Waals surface area contributed by atoms with E-state index in [0.717, 1.165) is 6.54 Å². The molecule has 3 nitrogen and oxygen atoms in total. The molecule has 1 unspecified atom stereocenters. The van der Waals surface area contributed by atoms with E-state index in [2.05, 4.69) is 60.4 Å². The van der Waals surface area contributed by atoms with Crippen LogP contribution < -0.4 is 10.2 Å². The second-order valence-corrected chi connectivity index (χ2v) is 6.09. The molecule has 1 atom stereocenters. The Labute approximate surface area is 124 Å². The van der Waals surface area contributed by atoms with Crippen molar-refractivity contribution in [3.05, 3.63) is 29.8 Å². The highest BCUT2D eigenvalue weighted by Gasteiger charge is 2.17. The Kier molecular flexibility index (Phi) is 5.86. The molecule has 1 fully saturated rings. The average molecular weight is 275 g/mol. The van der Waals surface area contributed by atoms with Crippen LogP contribution in [0.1, 0.15) is 31.7 Å². The van der Waals surface area contributed by atoms with E-state index in [1.807, 2.05) is 0 Å². The van der Waals surface area contributed by atoms with Crippen LogP contribution in [0.25, 0.3) is 0 Å². The van der Waals surface area contributed by atoms with Crippen molar-refractivity contribution in [2.45, 2.75) is 38.8 Å². The molecule has 1 aliphatic rings. The van der Waals surface area contributed by atoms with Crippen molar-refractivity contribution in [3.8, 4) is 0 Å². The normalized spacial score (nSPS) is 18.7. The standard InChI is InChI=1S/C17H29N3/c1-4-12-20(14-16-6-5-11-18-16)13-15-7-9-17(10-8-15)19(2)3/h7-10,16,18H,4-6,11-14H2,1-3H3. The summed E-state index contributed by atoms with van der Waals surface area (Å²) in [5.74, 6) is 0. The van der Waals surface area contributed by atoms with Gasteiger partial charge in [-0.05, 0) is 50.0 Å². The zero-order valence-electron chi connectivity index (χ0n) is 13.2. The van der Waals surface area contributed by atoms with Gasteiger partial charge in [0.1, 0.15) is 0 Å². The molecule has 1 aliphatic heterocycles. The lowest BCUT2D eigenvalue weighted by atomic mass is 10.1. The molecule has 0 amide bonds. The molecule has 1 aromatic rings. The summed E-state index contributed by atoms with van der Waals surface area (Å²) in [5.41, 5.74) is 2.69. The largest absolute Gasteiger partial charge is 0.378 e. The number of anilines is 1. The van der Waals surface area contributed by atoms with Crippen LogP contribution in [-0.4, -0.2) is 44.7 Å². The van der Waals surface area contributed by atoms with Gasteiger partial charge in [0.05, 0.1) is 0 Å². The molecule has 1 heterocycles. The van der Waals surface area contributed by atoms with E-state index < -0.39 is 0 Å². The van der Waals surface area contributed by atoms with Crippen molar-refractivity contribution in [1.29, 1.82) is 0 Å². The van der Waals surface area contributed by atoms with Gasteiger partial charge in [0, 0.05) is 38.9 Å². The fourth-order valence-electron chi connectivity index (χ4n) is 2.93. The predicted octanol–water partition coefficient (Wildman–Crippen LogP) is 2.72. The molecule has 1 saturated heterocycles. The number of hydrogen-bond acceptors (Lipinski definition) is 3. The van der Waals surface area contributed by atoms with E-state index in [0.29, 0.717) is 6.04 Å². The molecule has 20 heavy (non-hydrogen) atoms. The van der Waals surface area contributed by atoms with Gasteiger partial charge in [-0.25, -0.2) is 0 Å². The van der Waals surface area contributed by atoms with Gasteiger partial charge in [0.15, 0.2) is 0 Å². The Bertz CT molecular complexity index is 380. The number of nitrogens with one attached hydrogen (secondary N) is 1. The van der Waals surface area contributed by atoms with E-state index in [4.69, 9.17) is 0 Å². The molecule has 0 bridgehead atoms. The lowest BCUT2D eigenvalue weighted by Crippen LogP contribution is -2.37. The molecule has 0 aliphatic carbocycles. The molecule has 0 aromatic heterocycles. The van der Waals surface area contributed by atoms with Crippen molar-refractivity contribution in [2.75, 3.05) is 38.6 Å². The maximum Gasteiger partial charge on any atom is 0.0361 e. The third-order valence-corrected chi connectivity index (χ3v) is 4.04. The molecular weight excluding hydrogens is 246 g/mol. The number of hydrogen-bond donors (Lipinski definition) is 1. The predicted molar refractivity (Wildman–Crippen MR) is 87.4 cm³/mol. The zero-order valence-corrected chi connectivity index (χ0v) is 13.2. The Morgan fingerprint density at radius 2 is 1.95 bits per heavy atom. The molecule has 1 N–H and O–H groups in total. The minimum Gasteiger partial charge on any atom is -0.378 e. The number of benzene rings is 1. The highest BCUT2D eigenvalue weighted by molar-refractivity contribution is 5.45. The lowest BCUT2D eigenvalue weighted by Gasteiger charge is -2.25. The second kappa shape index (κ2) is 7.65. The topological polar surface area (TPSA) is 18.5 Å². The van der Waals surface area contributed by atoms with E-state index >= 15 is 0 Å². The molecule has 112 valence electrons. The third kappa shape index (κ3) is 4.50. The van der Waals surface area contributed by atoms with Gasteiger partial charge in [-0.1, -0.05) is 19.1 Å². The summed E-state index contributed by atoms with van der Waals surface area (Å²) in [7, 11) is 4.17. The fraction of sp³-hybridized carbons (Fsp3) is 0.647. The molecule has 2 rings (SSSR count). The highest BCUT2D eigenvalue weighted by atomic mass is 15.2. The van der Waals surface area contributed by atoms with Crippen LogP contribution in [0.4, 0.5) is 5.69 Å². The first-order valence-electron chi connectivity index (χ1n) is 7.91. The first kappa shape index (κ1) is 15.3. The van der Waals surface area contributed by atoms with Crippen molar-refractivity contribution >= 4 is 5.69 Å². The van der Waals surface area contributed by atoms with Gasteiger partial charge >= 0.3 is 0 Å². The van der Waals surface area contributed by atoms with Gasteiger partial charge in [-0.2, -0.15) is 0 Å². The van der Waals surface area contributed by atoms with Crippen LogP contribution in [0.3, 0.4) is 0 Å². The summed E-state index contributed by atoms with van der Waals surface area (Å²) in [6.45, 7) is 6.91. The minimum atomic E-state index is 0.697. The highest BCUT2D eigenvalue weighted by Crippen LogP contribution is 2.15. The van der Waals surface area contributed by atoms with Gasteiger partial charge in [0.25, 0.3) is 0 Å². The monoisotopic (exact) mass is 275 g/mol. The fourth-order valence-corrected chi connectivity index (χ4v) is 2.93. The first-order chi connectivity index (χ1) is 9.69. The summed E-state index contributed by atoms with van der Waals surface area (Å²) >= 11 is 0. The maximum absolute atomic E-state index is 3.61. The Balaban J connectivity index is 1.92. The Morgan fingerprint density at radius 3 is 2.50 bits per heavy atom. The number of nitrogens with zero attached hydrogens (tertiary/aromatic N) is 2. The van der Waals surface area contributed by atoms with E-state index in [1.165, 1.54) is 50.1 Å². The Hall–Kier alpha value is -1.06. The average Bonchev–Trinajstić information content (AvgIpc) is 2.92. The van der Waals surface area contributed by atoms with Crippen LogP contribution in [-0.2, 0) is 6.54 Å². The maximum atomic E-state index is 3.61. The molecule has 0 spiro atoms. The van der Waals surface area contributed by atoms with Crippen LogP contribution in [0, 0.1) is 0 Å². The van der Waals surface area contributed by atoms with E-state index in [-0.39, 0.29) is 0 Å². The smallest absolute Gasteiger partial charge is 0.0361 e. The third-order valence-electron chi connectivity index (χ3n) is 4.04. The summed E-state index contributed by atoms with van der Waals surface area (Å²) in [4.78, 5) is 4.74. The van der Waals surface area contributed by atoms with Gasteiger partial charge < -0.3 is 10.2 Å². The molecule has 1 aromatic carbocycles. The van der Waals surface area contributed by atoms with Crippen LogP contribution >= 0.6 is 0 Å². The lowest BCUT2D eigenvalue weighted by molar-refractivity contribution is 0.241. The van der Waals surface area contributed by atoms with Crippen molar-refractivity contribution in [3.63, 3.8) is 0 Å². The van der Waals surface area contributed by atoms with Crippen LogP contribution in [0.2, 0.25) is 0 Å². The summed E-state index contributed by atoms with van der Waals surface area (Å²) in [5, 5.41) is 3.61. The second-order valence-electron chi connectivity index (χ2n) is 6.09. The van der Waals surface area contributed by atoms with Crippen LogP contribution in [0.5, 0.6) is 0 Å². The van der Waals surface area contributed by atoms with Crippen molar-refractivity contribution in [1.82, 2.24) is 10.2 Å². The van der Waals surface area contributed by atoms with Gasteiger partial charge in [0.2, 0.25) is 0 Å². The molecule has 3 heteroatoms. The van der Waals surface area contributed by atoms with Crippen molar-refractivity contribution < 1.29 is 0 Å². The van der Waals surface area contributed by atoms with Gasteiger partial charge in [-0.15, -0.1) is 0 Å². The molecule has 0 saturated carbocycles. The van der Waals surface area contributed by atoms with Gasteiger partial charge in [-0.3, -0.25) is 4.90 Å². The molecule has 0 radical (unpaired) electrons. The SMILES string of the molecule is CCCN(Cc1ccc(N(C)C)cc1)CC1CCCN1. The summed E-state index contributed by atoms with van der Waals surface area (Å²) < 4.78 is 0. The first-order valence-corrected chi connectivity index (χ1v) is 7.91. The zero-order chi connectivity index (χ0) is 14.4. The van der Waals surface area contributed by atoms with E-state index in [9.17, 15) is 0 Å². The summed E-state index contributed by atoms with van der Waals surface area (Å²) in [6, 6.07) is 9.66. The van der Waals surface area contributed by atoms with Crippen LogP contribution in [0.15, 0.2) is 24.3 Å².